The lowest BCUT2D eigenvalue weighted by Gasteiger charge is -2.12. The van der Waals surface area contributed by atoms with E-state index in [-0.39, 0.29) is 24.3 Å². The van der Waals surface area contributed by atoms with Crippen molar-refractivity contribution in [2.75, 3.05) is 6.61 Å². The van der Waals surface area contributed by atoms with Crippen LogP contribution in [0, 0.1) is 6.92 Å². The molecule has 0 bridgehead atoms. The van der Waals surface area contributed by atoms with E-state index in [1.807, 2.05) is 24.3 Å². The maximum atomic E-state index is 12.6. The molecule has 1 heterocycles. The predicted octanol–water partition coefficient (Wildman–Crippen LogP) is 4.70. The second kappa shape index (κ2) is 7.96. The molecule has 0 fully saturated rings. The van der Waals surface area contributed by atoms with Gasteiger partial charge in [0.15, 0.2) is 12.4 Å². The Morgan fingerprint density at radius 1 is 1.26 bits per heavy atom. The minimum atomic E-state index is -0.447. The van der Waals surface area contributed by atoms with Crippen LogP contribution in [0.15, 0.2) is 46.6 Å². The minimum Gasteiger partial charge on any atom is -0.481 e. The van der Waals surface area contributed by atoms with Gasteiger partial charge in [0.05, 0.1) is 11.7 Å². The number of halogens is 1. The molecule has 0 N–H and O–H groups in total. The first-order valence-electron chi connectivity index (χ1n) is 8.51. The third kappa shape index (κ3) is 4.39. The number of hydrogen-bond acceptors (Lipinski definition) is 5. The highest BCUT2D eigenvalue weighted by Gasteiger charge is 2.30. The topological polar surface area (TPSA) is 61.8 Å². The summed E-state index contributed by atoms with van der Waals surface area (Å²) < 4.78 is 17.3. The molecule has 0 saturated carbocycles. The highest BCUT2D eigenvalue weighted by molar-refractivity contribution is 9.10. The highest BCUT2D eigenvalue weighted by atomic mass is 79.9. The Balaban J connectivity index is 1.80. The zero-order valence-electron chi connectivity index (χ0n) is 15.2. The number of allylic oxidation sites excluding steroid dienone is 1. The molecule has 140 valence electrons. The molecule has 0 aromatic heterocycles. The number of hydrogen-bond donors (Lipinski definition) is 0. The van der Waals surface area contributed by atoms with Crippen LogP contribution in [0.3, 0.4) is 0 Å². The van der Waals surface area contributed by atoms with Gasteiger partial charge in [-0.2, -0.15) is 0 Å². The van der Waals surface area contributed by atoms with Gasteiger partial charge in [0, 0.05) is 10.0 Å². The summed E-state index contributed by atoms with van der Waals surface area (Å²) in [5, 5.41) is 0. The summed E-state index contributed by atoms with van der Waals surface area (Å²) in [7, 11) is 0. The van der Waals surface area contributed by atoms with Crippen molar-refractivity contribution in [1.82, 2.24) is 0 Å². The number of ketones is 1. The van der Waals surface area contributed by atoms with E-state index in [2.05, 4.69) is 15.9 Å². The molecular weight excluding hydrogens is 412 g/mol. The van der Waals surface area contributed by atoms with Crippen LogP contribution in [-0.4, -0.2) is 24.5 Å². The number of benzene rings is 2. The lowest BCUT2D eigenvalue weighted by atomic mass is 10.1. The maximum absolute atomic E-state index is 12.6. The van der Waals surface area contributed by atoms with E-state index in [0.29, 0.717) is 22.6 Å². The Kier molecular flexibility index (Phi) is 5.65. The molecule has 0 aliphatic carbocycles. The highest BCUT2D eigenvalue weighted by Crippen LogP contribution is 2.39. The van der Waals surface area contributed by atoms with Crippen LogP contribution in [0.5, 0.6) is 11.5 Å². The minimum absolute atomic E-state index is 0.182. The Labute approximate surface area is 166 Å². The smallest absolute Gasteiger partial charge is 0.344 e. The molecule has 1 aliphatic heterocycles. The van der Waals surface area contributed by atoms with Crippen molar-refractivity contribution in [3.63, 3.8) is 0 Å². The van der Waals surface area contributed by atoms with Gasteiger partial charge in [0.2, 0.25) is 5.78 Å². The van der Waals surface area contributed by atoms with Crippen molar-refractivity contribution in [3.05, 3.63) is 63.3 Å². The molecule has 0 radical (unpaired) electrons. The van der Waals surface area contributed by atoms with E-state index in [1.54, 1.807) is 39.0 Å². The van der Waals surface area contributed by atoms with Gasteiger partial charge in [-0.25, -0.2) is 4.79 Å². The summed E-state index contributed by atoms with van der Waals surface area (Å²) in [5.74, 6) is 0.556. The molecule has 5 nitrogen and oxygen atoms in total. The van der Waals surface area contributed by atoms with Crippen LogP contribution in [0.2, 0.25) is 0 Å². The zero-order chi connectivity index (χ0) is 19.6. The molecule has 0 atom stereocenters. The number of fused-ring (bicyclic) bond motifs is 1. The van der Waals surface area contributed by atoms with Crippen LogP contribution in [-0.2, 0) is 9.53 Å². The Morgan fingerprint density at radius 3 is 2.74 bits per heavy atom. The van der Waals surface area contributed by atoms with E-state index in [1.165, 1.54) is 0 Å². The second-order valence-corrected chi connectivity index (χ2v) is 7.30. The summed E-state index contributed by atoms with van der Waals surface area (Å²) in [6.07, 6.45) is 1.50. The van der Waals surface area contributed by atoms with Gasteiger partial charge in [-0.1, -0.05) is 28.1 Å². The summed E-state index contributed by atoms with van der Waals surface area (Å²) >= 11 is 3.41. The Morgan fingerprint density at radius 2 is 2.04 bits per heavy atom. The lowest BCUT2D eigenvalue weighted by molar-refractivity contribution is -0.149. The first-order valence-corrected chi connectivity index (χ1v) is 9.30. The standard InChI is InChI=1S/C21H19BrO5/c1-12(2)26-19(23)11-25-17-8-7-16-20(24)18(27-21(16)13(17)3)10-14-5-4-6-15(22)9-14/h4-10,12H,11H2,1-3H3/b18-10-. The third-order valence-electron chi connectivity index (χ3n) is 3.90. The number of Topliss-reactive ketones (excluding diaryl/α,β-unsaturated/α-hetero) is 1. The summed E-state index contributed by atoms with van der Waals surface area (Å²) in [6.45, 7) is 5.14. The van der Waals surface area contributed by atoms with Crippen LogP contribution < -0.4 is 9.47 Å². The lowest BCUT2D eigenvalue weighted by Crippen LogP contribution is -2.19. The summed E-state index contributed by atoms with van der Waals surface area (Å²) in [4.78, 5) is 24.3. The molecule has 3 rings (SSSR count). The van der Waals surface area contributed by atoms with Gasteiger partial charge in [-0.05, 0) is 56.7 Å². The van der Waals surface area contributed by atoms with Gasteiger partial charge < -0.3 is 14.2 Å². The fourth-order valence-corrected chi connectivity index (χ4v) is 3.12. The van der Waals surface area contributed by atoms with Crippen molar-refractivity contribution >= 4 is 33.8 Å². The fourth-order valence-electron chi connectivity index (χ4n) is 2.71. The SMILES string of the molecule is Cc1c(OCC(=O)OC(C)C)ccc2c1O/C(=C\c1cccc(Br)c1)C2=O. The van der Waals surface area contributed by atoms with E-state index < -0.39 is 5.97 Å². The summed E-state index contributed by atoms with van der Waals surface area (Å²) in [6, 6.07) is 10.9. The molecule has 0 spiro atoms. The van der Waals surface area contributed by atoms with E-state index in [9.17, 15) is 9.59 Å². The molecule has 0 amide bonds. The number of esters is 1. The molecule has 2 aromatic rings. The van der Waals surface area contributed by atoms with E-state index >= 15 is 0 Å². The van der Waals surface area contributed by atoms with Gasteiger partial charge in [0.25, 0.3) is 0 Å². The molecule has 2 aromatic carbocycles. The first-order chi connectivity index (χ1) is 12.8. The number of carbonyl (C=O) groups is 2. The molecule has 6 heteroatoms. The van der Waals surface area contributed by atoms with Crippen molar-refractivity contribution < 1.29 is 23.8 Å². The third-order valence-corrected chi connectivity index (χ3v) is 4.39. The molecule has 27 heavy (non-hydrogen) atoms. The zero-order valence-corrected chi connectivity index (χ0v) is 16.8. The quantitative estimate of drug-likeness (QED) is 0.507. The van der Waals surface area contributed by atoms with Gasteiger partial charge in [0.1, 0.15) is 11.5 Å². The van der Waals surface area contributed by atoms with E-state index in [0.717, 1.165) is 10.0 Å². The number of ether oxygens (including phenoxy) is 3. The van der Waals surface area contributed by atoms with Crippen molar-refractivity contribution in [1.29, 1.82) is 0 Å². The summed E-state index contributed by atoms with van der Waals surface area (Å²) in [5.41, 5.74) is 1.99. The second-order valence-electron chi connectivity index (χ2n) is 6.39. The van der Waals surface area contributed by atoms with E-state index in [4.69, 9.17) is 14.2 Å². The number of carbonyl (C=O) groups excluding carboxylic acids is 2. The monoisotopic (exact) mass is 430 g/mol. The Hall–Kier alpha value is -2.60. The molecule has 0 saturated heterocycles. The van der Waals surface area contributed by atoms with Crippen molar-refractivity contribution in [2.45, 2.75) is 26.9 Å². The first kappa shape index (κ1) is 19.2. The van der Waals surface area contributed by atoms with Gasteiger partial charge in [-0.3, -0.25) is 4.79 Å². The van der Waals surface area contributed by atoms with Crippen LogP contribution in [0.4, 0.5) is 0 Å². The molecular formula is C21H19BrO5. The molecule has 0 unspecified atom stereocenters. The maximum Gasteiger partial charge on any atom is 0.344 e. The number of rotatable bonds is 5. The van der Waals surface area contributed by atoms with Crippen molar-refractivity contribution in [2.24, 2.45) is 0 Å². The van der Waals surface area contributed by atoms with Gasteiger partial charge >= 0.3 is 5.97 Å². The largest absolute Gasteiger partial charge is 0.481 e. The van der Waals surface area contributed by atoms with Crippen LogP contribution in [0.1, 0.15) is 35.3 Å². The van der Waals surface area contributed by atoms with Crippen molar-refractivity contribution in [3.8, 4) is 11.5 Å². The van der Waals surface area contributed by atoms with Crippen LogP contribution in [0.25, 0.3) is 6.08 Å². The Bertz CT molecular complexity index is 930. The average molecular weight is 431 g/mol. The van der Waals surface area contributed by atoms with Gasteiger partial charge in [-0.15, -0.1) is 0 Å². The fraction of sp³-hybridized carbons (Fsp3) is 0.238. The molecule has 1 aliphatic rings. The average Bonchev–Trinajstić information content (AvgIpc) is 2.91. The normalized spacial score (nSPS) is 14.3. The predicted molar refractivity (Wildman–Crippen MR) is 105 cm³/mol. The van der Waals surface area contributed by atoms with Crippen LogP contribution >= 0.6 is 15.9 Å².